The highest BCUT2D eigenvalue weighted by Gasteiger charge is 2.13. The first-order chi connectivity index (χ1) is 10.0. The van der Waals surface area contributed by atoms with E-state index >= 15 is 0 Å². The van der Waals surface area contributed by atoms with Crippen LogP contribution in [0.5, 0.6) is 17.2 Å². The first kappa shape index (κ1) is 14.5. The van der Waals surface area contributed by atoms with Gasteiger partial charge in [0, 0.05) is 11.6 Å². The molecule has 0 aromatic heterocycles. The molecule has 0 unspecified atom stereocenters. The molecule has 0 radical (unpaired) electrons. The maximum absolute atomic E-state index is 10.7. The Bertz CT molecular complexity index is 696. The molecule has 0 amide bonds. The second-order valence-electron chi connectivity index (χ2n) is 4.34. The van der Waals surface area contributed by atoms with Crippen molar-refractivity contribution < 1.29 is 19.2 Å². The van der Waals surface area contributed by atoms with Crippen molar-refractivity contribution >= 4 is 12.0 Å². The Morgan fingerprint density at radius 1 is 1.10 bits per heavy atom. The minimum absolute atomic E-state index is 0.0766. The van der Waals surface area contributed by atoms with E-state index in [0.717, 1.165) is 11.8 Å². The molecule has 6 heteroatoms. The van der Waals surface area contributed by atoms with Crippen LogP contribution in [0.4, 0.5) is 5.69 Å². The van der Waals surface area contributed by atoms with Gasteiger partial charge < -0.3 is 9.47 Å². The van der Waals surface area contributed by atoms with Crippen LogP contribution in [0.15, 0.2) is 36.4 Å². The number of rotatable bonds is 5. The first-order valence-electron chi connectivity index (χ1n) is 6.11. The maximum Gasteiger partial charge on any atom is 0.273 e. The molecule has 0 heterocycles. The quantitative estimate of drug-likeness (QED) is 0.477. The lowest BCUT2D eigenvalue weighted by atomic mass is 10.1. The van der Waals surface area contributed by atoms with Crippen LogP contribution < -0.4 is 9.47 Å². The molecule has 0 bridgehead atoms. The number of carbonyl (C=O) groups excluding carboxylic acids is 1. The van der Waals surface area contributed by atoms with Crippen LogP contribution in [0, 0.1) is 17.0 Å². The van der Waals surface area contributed by atoms with Crippen LogP contribution in [0.1, 0.15) is 15.9 Å². The van der Waals surface area contributed by atoms with Crippen LogP contribution >= 0.6 is 0 Å². The number of aryl methyl sites for hydroxylation is 1. The number of methoxy groups -OCH3 is 1. The van der Waals surface area contributed by atoms with Gasteiger partial charge in [-0.05, 0) is 36.8 Å². The van der Waals surface area contributed by atoms with E-state index in [9.17, 15) is 14.9 Å². The number of nitro benzene ring substituents is 1. The number of hydrogen-bond donors (Lipinski definition) is 0. The number of nitro groups is 1. The smallest absolute Gasteiger partial charge is 0.273 e. The van der Waals surface area contributed by atoms with Gasteiger partial charge in [-0.1, -0.05) is 0 Å². The summed E-state index contributed by atoms with van der Waals surface area (Å²) < 4.78 is 10.8. The fraction of sp³-hybridized carbons (Fsp3) is 0.133. The van der Waals surface area contributed by atoms with Crippen molar-refractivity contribution in [3.8, 4) is 17.2 Å². The lowest BCUT2D eigenvalue weighted by Crippen LogP contribution is -1.95. The molecule has 0 aliphatic heterocycles. The average Bonchev–Trinajstić information content (AvgIpc) is 2.49. The van der Waals surface area contributed by atoms with Gasteiger partial charge in [-0.2, -0.15) is 0 Å². The third-order valence-corrected chi connectivity index (χ3v) is 2.91. The van der Waals surface area contributed by atoms with Gasteiger partial charge in [0.15, 0.2) is 11.5 Å². The molecule has 2 rings (SSSR count). The summed E-state index contributed by atoms with van der Waals surface area (Å²) in [4.78, 5) is 20.9. The Morgan fingerprint density at radius 3 is 2.38 bits per heavy atom. The molecular formula is C15H13NO5. The van der Waals surface area contributed by atoms with E-state index in [2.05, 4.69) is 0 Å². The number of non-ortho nitro benzene ring substituents is 1. The number of benzene rings is 2. The van der Waals surface area contributed by atoms with Gasteiger partial charge in [-0.15, -0.1) is 0 Å². The number of hydrogen-bond acceptors (Lipinski definition) is 5. The van der Waals surface area contributed by atoms with E-state index in [1.54, 1.807) is 25.1 Å². The lowest BCUT2D eigenvalue weighted by molar-refractivity contribution is -0.384. The molecule has 2 aromatic carbocycles. The molecule has 0 saturated heterocycles. The maximum atomic E-state index is 10.7. The van der Waals surface area contributed by atoms with Crippen molar-refractivity contribution in [2.24, 2.45) is 0 Å². The molecule has 0 fully saturated rings. The highest BCUT2D eigenvalue weighted by molar-refractivity contribution is 5.75. The third-order valence-electron chi connectivity index (χ3n) is 2.91. The molecule has 0 atom stereocenters. The summed E-state index contributed by atoms with van der Waals surface area (Å²) in [6.07, 6.45) is 0.753. The second kappa shape index (κ2) is 6.04. The third kappa shape index (κ3) is 3.17. The molecule has 0 aliphatic carbocycles. The number of aldehydes is 1. The lowest BCUT2D eigenvalue weighted by Gasteiger charge is -2.12. The topological polar surface area (TPSA) is 78.7 Å². The predicted octanol–water partition coefficient (Wildman–Crippen LogP) is 3.52. The van der Waals surface area contributed by atoms with E-state index in [-0.39, 0.29) is 11.4 Å². The Morgan fingerprint density at radius 2 is 1.81 bits per heavy atom. The Kier molecular flexibility index (Phi) is 4.18. The second-order valence-corrected chi connectivity index (χ2v) is 4.34. The van der Waals surface area contributed by atoms with Gasteiger partial charge in [0.1, 0.15) is 12.0 Å². The Hall–Kier alpha value is -2.89. The van der Waals surface area contributed by atoms with Crippen LogP contribution in [0.2, 0.25) is 0 Å². The highest BCUT2D eigenvalue weighted by atomic mass is 16.6. The zero-order chi connectivity index (χ0) is 15.4. The minimum atomic E-state index is -0.504. The molecule has 6 nitrogen and oxygen atoms in total. The van der Waals surface area contributed by atoms with Gasteiger partial charge in [0.2, 0.25) is 0 Å². The zero-order valence-corrected chi connectivity index (χ0v) is 11.5. The fourth-order valence-electron chi connectivity index (χ4n) is 1.83. The van der Waals surface area contributed by atoms with E-state index in [4.69, 9.17) is 9.47 Å². The van der Waals surface area contributed by atoms with Gasteiger partial charge in [0.25, 0.3) is 5.69 Å². The van der Waals surface area contributed by atoms with Crippen molar-refractivity contribution in [3.63, 3.8) is 0 Å². The fourth-order valence-corrected chi connectivity index (χ4v) is 1.83. The molecular weight excluding hydrogens is 274 g/mol. The molecule has 21 heavy (non-hydrogen) atoms. The SMILES string of the molecule is COc1cc([N+](=O)[O-])ccc1Oc1ccc(C=O)cc1C. The number of carbonyl (C=O) groups is 1. The van der Waals surface area contributed by atoms with E-state index in [0.29, 0.717) is 17.1 Å². The largest absolute Gasteiger partial charge is 0.493 e. The summed E-state index contributed by atoms with van der Waals surface area (Å²) in [6, 6.07) is 9.11. The van der Waals surface area contributed by atoms with Crippen molar-refractivity contribution in [1.82, 2.24) is 0 Å². The van der Waals surface area contributed by atoms with Gasteiger partial charge in [0.05, 0.1) is 18.1 Å². The van der Waals surface area contributed by atoms with Gasteiger partial charge >= 0.3 is 0 Å². The Labute approximate surface area is 121 Å². The average molecular weight is 287 g/mol. The van der Waals surface area contributed by atoms with Crippen molar-refractivity contribution in [2.75, 3.05) is 7.11 Å². The van der Waals surface area contributed by atoms with Gasteiger partial charge in [-0.3, -0.25) is 14.9 Å². The normalized spacial score (nSPS) is 10.0. The zero-order valence-electron chi connectivity index (χ0n) is 11.5. The van der Waals surface area contributed by atoms with Crippen LogP contribution in [0.25, 0.3) is 0 Å². The molecule has 2 aromatic rings. The van der Waals surface area contributed by atoms with E-state index < -0.39 is 4.92 Å². The summed E-state index contributed by atoms with van der Waals surface area (Å²) in [5.41, 5.74) is 1.25. The summed E-state index contributed by atoms with van der Waals surface area (Å²) >= 11 is 0. The standard InChI is InChI=1S/C15H13NO5/c1-10-7-11(9-17)3-5-13(10)21-14-6-4-12(16(18)19)8-15(14)20-2/h3-9H,1-2H3. The van der Waals surface area contributed by atoms with Crippen LogP contribution in [0.3, 0.4) is 0 Å². The highest BCUT2D eigenvalue weighted by Crippen LogP contribution is 2.35. The van der Waals surface area contributed by atoms with Crippen molar-refractivity contribution in [1.29, 1.82) is 0 Å². The summed E-state index contributed by atoms with van der Waals surface area (Å²) in [5.74, 6) is 1.18. The molecule has 0 aliphatic rings. The molecule has 108 valence electrons. The summed E-state index contributed by atoms with van der Waals surface area (Å²) in [7, 11) is 1.41. The molecule has 0 spiro atoms. The first-order valence-corrected chi connectivity index (χ1v) is 6.11. The van der Waals surface area contributed by atoms with E-state index in [1.807, 2.05) is 0 Å². The van der Waals surface area contributed by atoms with E-state index in [1.165, 1.54) is 25.3 Å². The van der Waals surface area contributed by atoms with Gasteiger partial charge in [-0.25, -0.2) is 0 Å². The van der Waals surface area contributed by atoms with Crippen molar-refractivity contribution in [3.05, 3.63) is 57.6 Å². The molecule has 0 N–H and O–H groups in total. The predicted molar refractivity (Wildman–Crippen MR) is 76.3 cm³/mol. The monoisotopic (exact) mass is 287 g/mol. The minimum Gasteiger partial charge on any atom is -0.493 e. The Balaban J connectivity index is 2.35. The number of nitrogens with zero attached hydrogens (tertiary/aromatic N) is 1. The summed E-state index contributed by atoms with van der Waals surface area (Å²) in [6.45, 7) is 1.81. The molecule has 0 saturated carbocycles. The van der Waals surface area contributed by atoms with Crippen LogP contribution in [-0.2, 0) is 0 Å². The van der Waals surface area contributed by atoms with Crippen LogP contribution in [-0.4, -0.2) is 18.3 Å². The summed E-state index contributed by atoms with van der Waals surface area (Å²) in [5, 5.41) is 10.7. The van der Waals surface area contributed by atoms with Crippen molar-refractivity contribution in [2.45, 2.75) is 6.92 Å². The number of ether oxygens (including phenoxy) is 2.